The van der Waals surface area contributed by atoms with Gasteiger partial charge in [-0.05, 0) is 51.1 Å². The van der Waals surface area contributed by atoms with Crippen LogP contribution in [0.15, 0.2) is 29.1 Å². The van der Waals surface area contributed by atoms with Crippen LogP contribution in [0.3, 0.4) is 0 Å². The SMILES string of the molecule is CN(C)C(CNC(=O)NCCCn1nc2n(c1=O)CCCC2)c1cccc(F)c1. The van der Waals surface area contributed by atoms with Crippen molar-refractivity contribution >= 4 is 6.03 Å². The van der Waals surface area contributed by atoms with E-state index in [0.29, 0.717) is 26.1 Å². The molecule has 9 heteroatoms. The van der Waals surface area contributed by atoms with E-state index in [2.05, 4.69) is 15.7 Å². The Morgan fingerprint density at radius 3 is 2.86 bits per heavy atom. The number of hydrogen-bond acceptors (Lipinski definition) is 4. The average molecular weight is 404 g/mol. The van der Waals surface area contributed by atoms with Gasteiger partial charge in [-0.25, -0.2) is 18.7 Å². The third-order valence-electron chi connectivity index (χ3n) is 5.18. The van der Waals surface area contributed by atoms with E-state index >= 15 is 0 Å². The molecule has 2 amide bonds. The minimum Gasteiger partial charge on any atom is -0.338 e. The summed E-state index contributed by atoms with van der Waals surface area (Å²) in [4.78, 5) is 26.3. The summed E-state index contributed by atoms with van der Waals surface area (Å²) in [7, 11) is 3.77. The lowest BCUT2D eigenvalue weighted by atomic mass is 10.1. The molecule has 1 aromatic heterocycles. The molecule has 1 aromatic carbocycles. The molecule has 0 saturated carbocycles. The van der Waals surface area contributed by atoms with Crippen LogP contribution < -0.4 is 16.3 Å². The predicted octanol–water partition coefficient (Wildman–Crippen LogP) is 1.51. The van der Waals surface area contributed by atoms with Gasteiger partial charge in [0.05, 0.1) is 6.04 Å². The van der Waals surface area contributed by atoms with Crippen LogP contribution >= 0.6 is 0 Å². The second-order valence-electron chi connectivity index (χ2n) is 7.56. The molecule has 0 bridgehead atoms. The minimum absolute atomic E-state index is 0.0620. The van der Waals surface area contributed by atoms with E-state index in [4.69, 9.17) is 0 Å². The van der Waals surface area contributed by atoms with Crippen molar-refractivity contribution in [3.8, 4) is 0 Å². The molecule has 0 fully saturated rings. The fourth-order valence-electron chi connectivity index (χ4n) is 3.59. The molecule has 29 heavy (non-hydrogen) atoms. The second kappa shape index (κ2) is 9.69. The van der Waals surface area contributed by atoms with E-state index in [-0.39, 0.29) is 23.6 Å². The summed E-state index contributed by atoms with van der Waals surface area (Å²) in [5.41, 5.74) is 0.742. The van der Waals surface area contributed by atoms with Crippen molar-refractivity contribution in [2.75, 3.05) is 27.2 Å². The van der Waals surface area contributed by atoms with E-state index in [1.807, 2.05) is 25.1 Å². The lowest BCUT2D eigenvalue weighted by Crippen LogP contribution is -2.41. The van der Waals surface area contributed by atoms with Gasteiger partial charge in [0.25, 0.3) is 0 Å². The highest BCUT2D eigenvalue weighted by Gasteiger charge is 2.17. The van der Waals surface area contributed by atoms with Gasteiger partial charge in [-0.1, -0.05) is 12.1 Å². The van der Waals surface area contributed by atoms with E-state index in [1.54, 1.807) is 10.6 Å². The highest BCUT2D eigenvalue weighted by atomic mass is 19.1. The highest BCUT2D eigenvalue weighted by molar-refractivity contribution is 5.73. The molecule has 1 atom stereocenters. The van der Waals surface area contributed by atoms with Gasteiger partial charge in [-0.2, -0.15) is 5.10 Å². The second-order valence-corrected chi connectivity index (χ2v) is 7.56. The fourth-order valence-corrected chi connectivity index (χ4v) is 3.59. The molecule has 8 nitrogen and oxygen atoms in total. The molecule has 1 aliphatic rings. The zero-order valence-electron chi connectivity index (χ0n) is 17.0. The maximum absolute atomic E-state index is 13.5. The zero-order chi connectivity index (χ0) is 20.8. The van der Waals surface area contributed by atoms with Crippen LogP contribution in [0, 0.1) is 5.82 Å². The van der Waals surface area contributed by atoms with Gasteiger partial charge in [0.1, 0.15) is 11.6 Å². The Kier molecular flexibility index (Phi) is 7.03. The normalized spacial score (nSPS) is 14.5. The van der Waals surface area contributed by atoms with Crippen LogP contribution in [0.1, 0.15) is 36.7 Å². The Morgan fingerprint density at radius 2 is 2.14 bits per heavy atom. The number of aromatic nitrogens is 3. The molecule has 1 unspecified atom stereocenters. The Bertz CT molecular complexity index is 891. The first-order chi connectivity index (χ1) is 14.0. The van der Waals surface area contributed by atoms with Crippen LogP contribution in [0.25, 0.3) is 0 Å². The Balaban J connectivity index is 1.43. The van der Waals surface area contributed by atoms with E-state index in [1.165, 1.54) is 16.8 Å². The lowest BCUT2D eigenvalue weighted by Gasteiger charge is -2.25. The first kappa shape index (κ1) is 21.0. The molecular weight excluding hydrogens is 375 g/mol. The smallest absolute Gasteiger partial charge is 0.338 e. The van der Waals surface area contributed by atoms with Crippen LogP contribution in [0.4, 0.5) is 9.18 Å². The standard InChI is InChI=1S/C20H29FN6O2/c1-25(2)17(15-7-5-8-16(21)13-15)14-23-19(28)22-10-6-12-27-20(29)26-11-4-3-9-18(26)24-27/h5,7-8,13,17H,3-4,6,9-12,14H2,1-2H3,(H2,22,23,28). The molecule has 3 rings (SSSR count). The van der Waals surface area contributed by atoms with Crippen LogP contribution in [0.2, 0.25) is 0 Å². The quantitative estimate of drug-likeness (QED) is 0.654. The number of benzene rings is 1. The summed E-state index contributed by atoms with van der Waals surface area (Å²) in [6.45, 7) is 2.01. The molecule has 0 radical (unpaired) electrons. The van der Waals surface area contributed by atoms with Crippen molar-refractivity contribution < 1.29 is 9.18 Å². The van der Waals surface area contributed by atoms with Crippen molar-refractivity contribution in [1.29, 1.82) is 0 Å². The molecule has 2 N–H and O–H groups in total. The number of fused-ring (bicyclic) bond motifs is 1. The fraction of sp³-hybridized carbons (Fsp3) is 0.550. The average Bonchev–Trinajstić information content (AvgIpc) is 3.01. The number of likely N-dealkylation sites (N-methyl/N-ethyl adjacent to an activating group) is 1. The molecule has 158 valence electrons. The highest BCUT2D eigenvalue weighted by Crippen LogP contribution is 2.18. The third-order valence-corrected chi connectivity index (χ3v) is 5.18. The Morgan fingerprint density at radius 1 is 1.31 bits per heavy atom. The molecule has 2 heterocycles. The van der Waals surface area contributed by atoms with Gasteiger partial charge in [0.2, 0.25) is 0 Å². The summed E-state index contributed by atoms with van der Waals surface area (Å²) >= 11 is 0. The zero-order valence-corrected chi connectivity index (χ0v) is 17.0. The minimum atomic E-state index is -0.296. The van der Waals surface area contributed by atoms with Crippen molar-refractivity contribution in [3.05, 3.63) is 52.0 Å². The first-order valence-corrected chi connectivity index (χ1v) is 10.1. The third kappa shape index (κ3) is 5.44. The van der Waals surface area contributed by atoms with Crippen molar-refractivity contribution in [1.82, 2.24) is 29.9 Å². The van der Waals surface area contributed by atoms with Crippen molar-refractivity contribution in [2.24, 2.45) is 0 Å². The first-order valence-electron chi connectivity index (χ1n) is 10.1. The molecule has 2 aromatic rings. The molecule has 0 aliphatic carbocycles. The number of nitrogens with one attached hydrogen (secondary N) is 2. The van der Waals surface area contributed by atoms with Crippen molar-refractivity contribution in [2.45, 2.75) is 44.8 Å². The number of hydrogen-bond donors (Lipinski definition) is 2. The number of halogens is 1. The molecule has 0 saturated heterocycles. The number of carbonyl (C=O) groups excluding carboxylic acids is 1. The van der Waals surface area contributed by atoms with Crippen LogP contribution in [-0.4, -0.2) is 52.5 Å². The summed E-state index contributed by atoms with van der Waals surface area (Å²) in [6.07, 6.45) is 3.55. The van der Waals surface area contributed by atoms with Gasteiger partial charge in [-0.15, -0.1) is 0 Å². The van der Waals surface area contributed by atoms with Gasteiger partial charge in [-0.3, -0.25) is 4.57 Å². The molecular formula is C20H29FN6O2. The monoisotopic (exact) mass is 404 g/mol. The lowest BCUT2D eigenvalue weighted by molar-refractivity contribution is 0.232. The van der Waals surface area contributed by atoms with Gasteiger partial charge in [0, 0.05) is 32.6 Å². The predicted molar refractivity (Wildman–Crippen MR) is 108 cm³/mol. The summed E-state index contributed by atoms with van der Waals surface area (Å²) in [5, 5.41) is 10.0. The summed E-state index contributed by atoms with van der Waals surface area (Å²) in [5.74, 6) is 0.564. The summed E-state index contributed by atoms with van der Waals surface area (Å²) < 4.78 is 16.7. The summed E-state index contributed by atoms with van der Waals surface area (Å²) in [6, 6.07) is 5.97. The topological polar surface area (TPSA) is 84.2 Å². The van der Waals surface area contributed by atoms with E-state index < -0.39 is 0 Å². The number of urea groups is 1. The maximum atomic E-state index is 13.5. The molecule has 0 spiro atoms. The number of aryl methyl sites for hydroxylation is 2. The van der Waals surface area contributed by atoms with E-state index in [9.17, 15) is 14.0 Å². The number of amides is 2. The molecule has 1 aliphatic heterocycles. The van der Waals surface area contributed by atoms with Crippen molar-refractivity contribution in [3.63, 3.8) is 0 Å². The number of nitrogens with zero attached hydrogens (tertiary/aromatic N) is 4. The largest absolute Gasteiger partial charge is 0.345 e. The van der Waals surface area contributed by atoms with Gasteiger partial charge in [0.15, 0.2) is 0 Å². The number of rotatable bonds is 8. The Labute approximate surface area is 169 Å². The maximum Gasteiger partial charge on any atom is 0.345 e. The van der Waals surface area contributed by atoms with Crippen LogP contribution in [0.5, 0.6) is 0 Å². The van der Waals surface area contributed by atoms with Crippen LogP contribution in [-0.2, 0) is 19.5 Å². The Hall–Kier alpha value is -2.68. The van der Waals surface area contributed by atoms with Gasteiger partial charge < -0.3 is 15.5 Å². The number of carbonyl (C=O) groups is 1. The van der Waals surface area contributed by atoms with E-state index in [0.717, 1.165) is 37.2 Å². The van der Waals surface area contributed by atoms with Gasteiger partial charge >= 0.3 is 11.7 Å².